The van der Waals surface area contributed by atoms with Gasteiger partial charge >= 0.3 is 0 Å². The minimum Gasteiger partial charge on any atom is -0.295 e. The summed E-state index contributed by atoms with van der Waals surface area (Å²) in [7, 11) is 0. The second kappa shape index (κ2) is 5.46. The lowest BCUT2D eigenvalue weighted by atomic mass is 9.46. The van der Waals surface area contributed by atoms with Gasteiger partial charge in [-0.15, -0.1) is 0 Å². The summed E-state index contributed by atoms with van der Waals surface area (Å²) in [6, 6.07) is 2.44. The van der Waals surface area contributed by atoms with Gasteiger partial charge in [-0.05, 0) is 96.9 Å². The molecule has 0 bridgehead atoms. The van der Waals surface area contributed by atoms with Crippen molar-refractivity contribution in [3.8, 4) is 6.07 Å². The van der Waals surface area contributed by atoms with Gasteiger partial charge in [0.2, 0.25) is 0 Å². The lowest BCUT2D eigenvalue weighted by Crippen LogP contribution is -2.52. The van der Waals surface area contributed by atoms with E-state index in [2.05, 4.69) is 32.9 Å². The first-order valence-corrected chi connectivity index (χ1v) is 11.0. The molecule has 0 aromatic rings. The van der Waals surface area contributed by atoms with Gasteiger partial charge in [0.25, 0.3) is 0 Å². The second-order valence-corrected chi connectivity index (χ2v) is 10.8. The largest absolute Gasteiger partial charge is 0.295 e. The molecule has 0 heterocycles. The van der Waals surface area contributed by atoms with Gasteiger partial charge < -0.3 is 0 Å². The highest BCUT2D eigenvalue weighted by atomic mass is 16.1. The Morgan fingerprint density at radius 1 is 1.23 bits per heavy atom. The van der Waals surface area contributed by atoms with E-state index in [9.17, 15) is 10.1 Å². The third kappa shape index (κ3) is 2.07. The predicted octanol–water partition coefficient (Wildman–Crippen LogP) is 5.54. The number of carbonyl (C=O) groups is 1. The quantitative estimate of drug-likeness (QED) is 0.655. The third-order valence-corrected chi connectivity index (χ3v) is 9.92. The number of carbonyl (C=O) groups excluding carboxylic acids is 1. The van der Waals surface area contributed by atoms with Crippen molar-refractivity contribution in [2.24, 2.45) is 52.3 Å². The Morgan fingerprint density at radius 3 is 2.81 bits per heavy atom. The van der Waals surface area contributed by atoms with Crippen LogP contribution in [0.3, 0.4) is 0 Å². The molecule has 0 N–H and O–H groups in total. The van der Waals surface area contributed by atoms with Crippen molar-refractivity contribution < 1.29 is 4.79 Å². The second-order valence-electron chi connectivity index (χ2n) is 10.8. The molecule has 2 heteroatoms. The summed E-state index contributed by atoms with van der Waals surface area (Å²) in [4.78, 5) is 12.1. The van der Waals surface area contributed by atoms with Crippen molar-refractivity contribution >= 4 is 5.78 Å². The van der Waals surface area contributed by atoms with Crippen LogP contribution in [0.5, 0.6) is 0 Å². The van der Waals surface area contributed by atoms with E-state index < -0.39 is 0 Å². The highest BCUT2D eigenvalue weighted by Crippen LogP contribution is 2.74. The smallest absolute Gasteiger partial charge is 0.155 e. The molecule has 140 valence electrons. The number of rotatable bonds is 2. The molecule has 2 nitrogen and oxygen atoms in total. The zero-order valence-electron chi connectivity index (χ0n) is 16.6. The van der Waals surface area contributed by atoms with E-state index in [0.717, 1.165) is 54.8 Å². The van der Waals surface area contributed by atoms with Crippen LogP contribution in [-0.4, -0.2) is 5.78 Å². The maximum Gasteiger partial charge on any atom is 0.155 e. The predicted molar refractivity (Wildman–Crippen MR) is 102 cm³/mol. The molecule has 4 saturated carbocycles. The van der Waals surface area contributed by atoms with Crippen LogP contribution >= 0.6 is 0 Å². The summed E-state index contributed by atoms with van der Waals surface area (Å²) in [5, 5.41) is 9.21. The van der Waals surface area contributed by atoms with Crippen LogP contribution in [0.15, 0.2) is 11.6 Å². The molecule has 0 aromatic heterocycles. The minimum absolute atomic E-state index is 0.300. The normalized spacial score (nSPS) is 52.7. The van der Waals surface area contributed by atoms with E-state index in [1.54, 1.807) is 5.57 Å². The maximum absolute atomic E-state index is 12.1. The monoisotopic (exact) mass is 351 g/mol. The molecule has 0 radical (unpaired) electrons. The van der Waals surface area contributed by atoms with Crippen LogP contribution < -0.4 is 0 Å². The molecule has 0 aliphatic heterocycles. The van der Waals surface area contributed by atoms with Gasteiger partial charge in [-0.3, -0.25) is 4.79 Å². The fraction of sp³-hybridized carbons (Fsp3) is 0.833. The van der Waals surface area contributed by atoms with Crippen molar-refractivity contribution in [3.63, 3.8) is 0 Å². The molecule has 0 saturated heterocycles. The highest BCUT2D eigenvalue weighted by Gasteiger charge is 2.67. The van der Waals surface area contributed by atoms with Crippen LogP contribution in [0.2, 0.25) is 0 Å². The number of hydrogen-bond donors (Lipinski definition) is 0. The summed E-state index contributed by atoms with van der Waals surface area (Å²) in [5.74, 6) is 5.80. The van der Waals surface area contributed by atoms with Crippen molar-refractivity contribution in [3.05, 3.63) is 11.6 Å². The molecule has 9 atom stereocenters. The summed E-state index contributed by atoms with van der Waals surface area (Å²) >= 11 is 0. The van der Waals surface area contributed by atoms with Crippen LogP contribution in [0.1, 0.15) is 72.1 Å². The molecule has 0 amide bonds. The molecule has 0 aromatic carbocycles. The van der Waals surface area contributed by atoms with Crippen LogP contribution in [0.4, 0.5) is 0 Å². The Balaban J connectivity index is 1.49. The standard InChI is InChI=1S/C24H33NO/c1-14(8-11-25)18-4-5-19-22-17-13-16(17)21-12-15(26)6-9-24(21,3)20(22)7-10-23(18,19)2/h12,14,16-20,22H,4-10,13H2,1-3H3/t14-,16+,17-,18?,19?,20?,22?,23-,24-/m1/s1. The highest BCUT2D eigenvalue weighted by molar-refractivity contribution is 5.92. The molecule has 4 unspecified atom stereocenters. The third-order valence-electron chi connectivity index (χ3n) is 9.92. The van der Waals surface area contributed by atoms with Gasteiger partial charge in [-0.25, -0.2) is 0 Å². The Hall–Kier alpha value is -1.10. The van der Waals surface area contributed by atoms with E-state index in [0.29, 0.717) is 22.5 Å². The number of fused-ring (bicyclic) bond motifs is 8. The topological polar surface area (TPSA) is 40.9 Å². The van der Waals surface area contributed by atoms with E-state index in [1.807, 2.05) is 0 Å². The Bertz CT molecular complexity index is 716. The molecule has 5 aliphatic carbocycles. The molecule has 4 fully saturated rings. The van der Waals surface area contributed by atoms with Gasteiger partial charge in [-0.1, -0.05) is 26.3 Å². The van der Waals surface area contributed by atoms with Gasteiger partial charge in [0, 0.05) is 12.8 Å². The number of hydrogen-bond acceptors (Lipinski definition) is 2. The average molecular weight is 352 g/mol. The Morgan fingerprint density at radius 2 is 2.04 bits per heavy atom. The number of nitrogens with zero attached hydrogens (tertiary/aromatic N) is 1. The summed E-state index contributed by atoms with van der Waals surface area (Å²) < 4.78 is 0. The van der Waals surface area contributed by atoms with Crippen LogP contribution in [0, 0.1) is 63.6 Å². The number of allylic oxidation sites excluding steroid dienone is 1. The first-order chi connectivity index (χ1) is 12.4. The van der Waals surface area contributed by atoms with Crippen LogP contribution in [0.25, 0.3) is 0 Å². The minimum atomic E-state index is 0.300. The molecule has 26 heavy (non-hydrogen) atoms. The Kier molecular flexibility index (Phi) is 3.58. The lowest BCUT2D eigenvalue weighted by Gasteiger charge is -2.58. The zero-order valence-corrected chi connectivity index (χ0v) is 16.6. The first kappa shape index (κ1) is 17.0. The van der Waals surface area contributed by atoms with Gasteiger partial charge in [0.15, 0.2) is 5.78 Å². The van der Waals surface area contributed by atoms with Gasteiger partial charge in [0.05, 0.1) is 6.07 Å². The molecule has 0 spiro atoms. The summed E-state index contributed by atoms with van der Waals surface area (Å²) in [6.45, 7) is 7.41. The van der Waals surface area contributed by atoms with Crippen molar-refractivity contribution in [2.75, 3.05) is 0 Å². The van der Waals surface area contributed by atoms with E-state index in [-0.39, 0.29) is 0 Å². The number of ketones is 1. The maximum atomic E-state index is 12.1. The average Bonchev–Trinajstić information content (AvgIpc) is 3.31. The van der Waals surface area contributed by atoms with Gasteiger partial charge in [-0.2, -0.15) is 5.26 Å². The van der Waals surface area contributed by atoms with E-state index >= 15 is 0 Å². The summed E-state index contributed by atoms with van der Waals surface area (Å²) in [5.41, 5.74) is 2.30. The SMILES string of the molecule is C[C@H](CC#N)C1CCC2C3C(CC[C@@]21C)[C@@]1(C)CCC(=O)C=C1[C@H]1C[C@@H]31. The van der Waals surface area contributed by atoms with Crippen molar-refractivity contribution in [1.82, 2.24) is 0 Å². The van der Waals surface area contributed by atoms with Crippen LogP contribution in [-0.2, 0) is 4.79 Å². The molecular formula is C24H33NO. The fourth-order valence-electron chi connectivity index (χ4n) is 8.66. The molecular weight excluding hydrogens is 318 g/mol. The number of nitriles is 1. The summed E-state index contributed by atoms with van der Waals surface area (Å²) in [6.07, 6.45) is 11.4. The fourth-order valence-corrected chi connectivity index (χ4v) is 8.66. The molecule has 5 aliphatic rings. The van der Waals surface area contributed by atoms with E-state index in [1.165, 1.54) is 32.1 Å². The zero-order chi connectivity index (χ0) is 18.3. The lowest BCUT2D eigenvalue weighted by molar-refractivity contribution is -0.117. The molecule has 5 rings (SSSR count). The van der Waals surface area contributed by atoms with Crippen molar-refractivity contribution in [2.45, 2.75) is 72.1 Å². The first-order valence-electron chi connectivity index (χ1n) is 11.0. The Labute approximate surface area is 158 Å². The van der Waals surface area contributed by atoms with E-state index in [4.69, 9.17) is 0 Å². The van der Waals surface area contributed by atoms with Gasteiger partial charge in [0.1, 0.15) is 0 Å². The van der Waals surface area contributed by atoms with Crippen molar-refractivity contribution in [1.29, 1.82) is 5.26 Å².